The zero-order valence-electron chi connectivity index (χ0n) is 16.8. The summed E-state index contributed by atoms with van der Waals surface area (Å²) in [5.41, 5.74) is 2.83. The van der Waals surface area contributed by atoms with E-state index in [0.29, 0.717) is 19.0 Å². The fourth-order valence-corrected chi connectivity index (χ4v) is 3.00. The summed E-state index contributed by atoms with van der Waals surface area (Å²) < 4.78 is 14.8. The normalized spacial score (nSPS) is 12.2. The van der Waals surface area contributed by atoms with Gasteiger partial charge in [0, 0.05) is 38.7 Å². The van der Waals surface area contributed by atoms with Crippen LogP contribution in [0.3, 0.4) is 0 Å². The quantitative estimate of drug-likeness (QED) is 0.241. The minimum atomic E-state index is -0.264. The molecule has 8 heteroatoms. The average Bonchev–Trinajstić information content (AvgIpc) is 3.23. The number of aliphatic hydroxyl groups is 1. The number of guanidine groups is 1. The van der Waals surface area contributed by atoms with Crippen LogP contribution in [-0.2, 0) is 6.42 Å². The number of nitrogens with one attached hydrogen (secondary N) is 2. The first-order valence-electron chi connectivity index (χ1n) is 9.60. The van der Waals surface area contributed by atoms with Gasteiger partial charge in [-0.25, -0.2) is 9.07 Å². The molecule has 1 atom stereocenters. The number of aliphatic hydroxyl groups excluding tert-OH is 1. The number of halogens is 2. The van der Waals surface area contributed by atoms with Gasteiger partial charge in [0.2, 0.25) is 0 Å². The van der Waals surface area contributed by atoms with Crippen LogP contribution >= 0.6 is 24.0 Å². The van der Waals surface area contributed by atoms with Crippen LogP contribution in [0.1, 0.15) is 17.2 Å². The van der Waals surface area contributed by atoms with Gasteiger partial charge in [0.25, 0.3) is 0 Å². The third-order valence-electron chi connectivity index (χ3n) is 4.64. The Kier molecular flexibility index (Phi) is 9.75. The van der Waals surface area contributed by atoms with Gasteiger partial charge in [-0.05, 0) is 35.9 Å². The van der Waals surface area contributed by atoms with Crippen molar-refractivity contribution in [3.05, 3.63) is 83.9 Å². The lowest BCUT2D eigenvalue weighted by Crippen LogP contribution is -2.40. The van der Waals surface area contributed by atoms with Crippen molar-refractivity contribution in [3.8, 4) is 5.69 Å². The first-order valence-corrected chi connectivity index (χ1v) is 9.60. The van der Waals surface area contributed by atoms with Gasteiger partial charge in [0.05, 0.1) is 18.0 Å². The van der Waals surface area contributed by atoms with Gasteiger partial charge in [-0.2, -0.15) is 5.10 Å². The van der Waals surface area contributed by atoms with Crippen LogP contribution in [0.15, 0.2) is 71.9 Å². The molecular formula is C22H27FIN5O. The lowest BCUT2D eigenvalue weighted by atomic mass is 10.0. The van der Waals surface area contributed by atoms with Gasteiger partial charge in [-0.1, -0.05) is 30.3 Å². The molecule has 160 valence electrons. The van der Waals surface area contributed by atoms with Crippen LogP contribution in [-0.4, -0.2) is 47.6 Å². The van der Waals surface area contributed by atoms with Crippen molar-refractivity contribution >= 4 is 29.9 Å². The van der Waals surface area contributed by atoms with E-state index in [0.717, 1.165) is 23.4 Å². The molecule has 30 heavy (non-hydrogen) atoms. The van der Waals surface area contributed by atoms with Crippen molar-refractivity contribution in [1.82, 2.24) is 20.4 Å². The van der Waals surface area contributed by atoms with Crippen LogP contribution in [0.5, 0.6) is 0 Å². The number of hydrogen-bond acceptors (Lipinski definition) is 3. The van der Waals surface area contributed by atoms with E-state index in [9.17, 15) is 9.50 Å². The SMILES string of the molecule is CN=C(NCCc1ccn(-c2ccc(F)cc2)n1)NCC(CO)c1ccccc1.I. The van der Waals surface area contributed by atoms with E-state index in [1.807, 2.05) is 42.6 Å². The predicted molar refractivity (Wildman–Crippen MR) is 128 cm³/mol. The zero-order chi connectivity index (χ0) is 20.5. The lowest BCUT2D eigenvalue weighted by Gasteiger charge is -2.18. The summed E-state index contributed by atoms with van der Waals surface area (Å²) in [6.07, 6.45) is 2.58. The van der Waals surface area contributed by atoms with E-state index < -0.39 is 0 Å². The van der Waals surface area contributed by atoms with E-state index in [1.165, 1.54) is 12.1 Å². The van der Waals surface area contributed by atoms with Crippen LogP contribution in [0.2, 0.25) is 0 Å². The Hall–Kier alpha value is -2.46. The van der Waals surface area contributed by atoms with Gasteiger partial charge in [0.1, 0.15) is 5.82 Å². The second kappa shape index (κ2) is 12.3. The zero-order valence-corrected chi connectivity index (χ0v) is 19.2. The Balaban J connectivity index is 0.00000320. The summed E-state index contributed by atoms with van der Waals surface area (Å²) in [5, 5.41) is 20.7. The third-order valence-corrected chi connectivity index (χ3v) is 4.64. The Bertz CT molecular complexity index is 915. The highest BCUT2D eigenvalue weighted by Crippen LogP contribution is 2.13. The van der Waals surface area contributed by atoms with Crippen molar-refractivity contribution in [2.24, 2.45) is 4.99 Å². The molecule has 0 saturated heterocycles. The average molecular weight is 523 g/mol. The van der Waals surface area contributed by atoms with E-state index in [4.69, 9.17) is 0 Å². The summed E-state index contributed by atoms with van der Waals surface area (Å²) in [4.78, 5) is 4.23. The minimum Gasteiger partial charge on any atom is -0.396 e. The molecule has 2 aromatic carbocycles. The molecule has 0 fully saturated rings. The first kappa shape index (κ1) is 23.8. The van der Waals surface area contributed by atoms with Gasteiger partial charge in [-0.3, -0.25) is 4.99 Å². The Morgan fingerprint density at radius 1 is 1.10 bits per heavy atom. The molecule has 3 aromatic rings. The number of hydrogen-bond donors (Lipinski definition) is 3. The van der Waals surface area contributed by atoms with Gasteiger partial charge < -0.3 is 15.7 Å². The summed E-state index contributed by atoms with van der Waals surface area (Å²) in [5.74, 6) is 0.415. The van der Waals surface area contributed by atoms with E-state index in [1.54, 1.807) is 23.9 Å². The Labute approximate surface area is 193 Å². The summed E-state index contributed by atoms with van der Waals surface area (Å²) >= 11 is 0. The van der Waals surface area contributed by atoms with Crippen LogP contribution in [0.25, 0.3) is 5.69 Å². The number of benzene rings is 2. The van der Waals surface area contributed by atoms with Crippen LogP contribution in [0.4, 0.5) is 4.39 Å². The topological polar surface area (TPSA) is 74.5 Å². The van der Waals surface area contributed by atoms with Gasteiger partial charge >= 0.3 is 0 Å². The van der Waals surface area contributed by atoms with Gasteiger partial charge in [0.15, 0.2) is 5.96 Å². The molecule has 0 radical (unpaired) electrons. The van der Waals surface area contributed by atoms with E-state index in [2.05, 4.69) is 20.7 Å². The summed E-state index contributed by atoms with van der Waals surface area (Å²) in [7, 11) is 1.72. The van der Waals surface area contributed by atoms with Crippen LogP contribution < -0.4 is 10.6 Å². The maximum absolute atomic E-state index is 13.0. The highest BCUT2D eigenvalue weighted by molar-refractivity contribution is 14.0. The number of aliphatic imine (C=N–C) groups is 1. The molecule has 3 N–H and O–H groups in total. The predicted octanol–water partition coefficient (Wildman–Crippen LogP) is 3.11. The standard InChI is InChI=1S/C22H26FN5O.HI/c1-24-22(26-15-18(16-29)17-5-3-2-4-6-17)25-13-11-20-12-14-28(27-20)21-9-7-19(23)8-10-21;/h2-10,12,14,18,29H,11,13,15-16H2,1H3,(H2,24,25,26);1H. The maximum Gasteiger partial charge on any atom is 0.191 e. The van der Waals surface area contributed by atoms with Crippen molar-refractivity contribution in [3.63, 3.8) is 0 Å². The Morgan fingerprint density at radius 2 is 1.83 bits per heavy atom. The molecule has 6 nitrogen and oxygen atoms in total. The highest BCUT2D eigenvalue weighted by Gasteiger charge is 2.11. The smallest absolute Gasteiger partial charge is 0.191 e. The molecule has 0 aliphatic rings. The van der Waals surface area contributed by atoms with E-state index >= 15 is 0 Å². The summed E-state index contributed by atoms with van der Waals surface area (Å²) in [6.45, 7) is 1.31. The van der Waals surface area contributed by atoms with Gasteiger partial charge in [-0.15, -0.1) is 24.0 Å². The van der Waals surface area contributed by atoms with Crippen LogP contribution in [0, 0.1) is 5.82 Å². The Morgan fingerprint density at radius 3 is 2.50 bits per heavy atom. The fraction of sp³-hybridized carbons (Fsp3) is 0.273. The molecule has 1 unspecified atom stereocenters. The molecule has 0 aliphatic heterocycles. The monoisotopic (exact) mass is 523 g/mol. The third kappa shape index (κ3) is 6.81. The molecule has 0 spiro atoms. The molecule has 0 bridgehead atoms. The molecule has 3 rings (SSSR count). The molecule has 1 aromatic heterocycles. The molecule has 1 heterocycles. The van der Waals surface area contributed by atoms with Crippen molar-refractivity contribution in [1.29, 1.82) is 0 Å². The number of rotatable bonds is 8. The molecule has 0 amide bonds. The number of nitrogens with zero attached hydrogens (tertiary/aromatic N) is 3. The summed E-state index contributed by atoms with van der Waals surface area (Å²) in [6, 6.07) is 18.1. The minimum absolute atomic E-state index is 0. The second-order valence-corrected chi connectivity index (χ2v) is 6.65. The van der Waals surface area contributed by atoms with Crippen molar-refractivity contribution in [2.75, 3.05) is 26.7 Å². The highest BCUT2D eigenvalue weighted by atomic mass is 127. The lowest BCUT2D eigenvalue weighted by molar-refractivity contribution is 0.265. The van der Waals surface area contributed by atoms with E-state index in [-0.39, 0.29) is 42.3 Å². The largest absolute Gasteiger partial charge is 0.396 e. The molecule has 0 saturated carbocycles. The number of aromatic nitrogens is 2. The maximum atomic E-state index is 13.0. The second-order valence-electron chi connectivity index (χ2n) is 6.65. The van der Waals surface area contributed by atoms with Crippen molar-refractivity contribution in [2.45, 2.75) is 12.3 Å². The fourth-order valence-electron chi connectivity index (χ4n) is 3.00. The first-order chi connectivity index (χ1) is 14.2. The van der Waals surface area contributed by atoms with Crippen molar-refractivity contribution < 1.29 is 9.50 Å². The molecular weight excluding hydrogens is 496 g/mol. The molecule has 0 aliphatic carbocycles.